The number of hydrogen-bond acceptors (Lipinski definition) is 1. The molecule has 0 saturated heterocycles. The lowest BCUT2D eigenvalue weighted by Crippen LogP contribution is -1.88. The van der Waals surface area contributed by atoms with E-state index in [1.807, 2.05) is 31.2 Å². The summed E-state index contributed by atoms with van der Waals surface area (Å²) in [7, 11) is 0. The molecule has 0 saturated carbocycles. The largest absolute Gasteiger partial charge is 0.508 e. The van der Waals surface area contributed by atoms with Gasteiger partial charge in [-0.15, -0.1) is 0 Å². The molecule has 1 aromatic rings. The Labute approximate surface area is 73.4 Å². The normalized spacial score (nSPS) is 13.5. The van der Waals surface area contributed by atoms with Gasteiger partial charge >= 0.3 is 0 Å². The van der Waals surface area contributed by atoms with E-state index in [0.29, 0.717) is 5.75 Å². The van der Waals surface area contributed by atoms with Gasteiger partial charge in [0.25, 0.3) is 0 Å². The van der Waals surface area contributed by atoms with Gasteiger partial charge in [-0.1, -0.05) is 37.3 Å². The Bertz CT molecular complexity index is 276. The highest BCUT2D eigenvalue weighted by atomic mass is 16.3. The van der Waals surface area contributed by atoms with Crippen LogP contribution in [0.5, 0.6) is 5.75 Å². The summed E-state index contributed by atoms with van der Waals surface area (Å²) in [6, 6.07) is 7.44. The van der Waals surface area contributed by atoms with Crippen LogP contribution in [0.25, 0.3) is 0 Å². The Hall–Kier alpha value is -1.24. The van der Waals surface area contributed by atoms with Crippen molar-refractivity contribution in [2.24, 2.45) is 0 Å². The summed E-state index contributed by atoms with van der Waals surface area (Å²) in [5.41, 5.74) is 0.982. The molecule has 12 heavy (non-hydrogen) atoms. The third-order valence-electron chi connectivity index (χ3n) is 1.91. The van der Waals surface area contributed by atoms with E-state index >= 15 is 0 Å². The van der Waals surface area contributed by atoms with Crippen LogP contribution in [0.4, 0.5) is 0 Å². The average molecular weight is 162 g/mol. The van der Waals surface area contributed by atoms with Gasteiger partial charge in [0.1, 0.15) is 5.75 Å². The van der Waals surface area contributed by atoms with E-state index in [-0.39, 0.29) is 5.92 Å². The SMILES string of the molecule is C/C=C/C(C)c1ccccc1O. The molecule has 0 radical (unpaired) electrons. The van der Waals surface area contributed by atoms with Crippen LogP contribution in [0.15, 0.2) is 36.4 Å². The number of benzene rings is 1. The predicted molar refractivity (Wildman–Crippen MR) is 51.3 cm³/mol. The van der Waals surface area contributed by atoms with Gasteiger partial charge < -0.3 is 5.11 Å². The smallest absolute Gasteiger partial charge is 0.119 e. The van der Waals surface area contributed by atoms with E-state index in [1.54, 1.807) is 6.07 Å². The highest BCUT2D eigenvalue weighted by Gasteiger charge is 2.04. The van der Waals surface area contributed by atoms with Crippen LogP contribution >= 0.6 is 0 Å². The average Bonchev–Trinajstić information content (AvgIpc) is 2.05. The number of allylic oxidation sites excluding steroid dienone is 2. The monoisotopic (exact) mass is 162 g/mol. The lowest BCUT2D eigenvalue weighted by atomic mass is 10.00. The van der Waals surface area contributed by atoms with Crippen LogP contribution in [0.1, 0.15) is 25.3 Å². The second kappa shape index (κ2) is 3.96. The third-order valence-corrected chi connectivity index (χ3v) is 1.91. The molecule has 0 bridgehead atoms. The van der Waals surface area contributed by atoms with E-state index in [2.05, 4.69) is 13.0 Å². The lowest BCUT2D eigenvalue weighted by Gasteiger charge is -2.07. The Morgan fingerprint density at radius 1 is 1.33 bits per heavy atom. The zero-order valence-corrected chi connectivity index (χ0v) is 7.49. The fourth-order valence-electron chi connectivity index (χ4n) is 1.26. The fraction of sp³-hybridized carbons (Fsp3) is 0.273. The van der Waals surface area contributed by atoms with E-state index in [4.69, 9.17) is 0 Å². The molecule has 0 heterocycles. The molecule has 0 aliphatic heterocycles. The molecule has 1 rings (SSSR count). The summed E-state index contributed by atoms with van der Waals surface area (Å²) in [5.74, 6) is 0.666. The lowest BCUT2D eigenvalue weighted by molar-refractivity contribution is 0.466. The van der Waals surface area contributed by atoms with Gasteiger partial charge in [-0.2, -0.15) is 0 Å². The van der Waals surface area contributed by atoms with Gasteiger partial charge in [0, 0.05) is 11.5 Å². The molecule has 1 unspecified atom stereocenters. The van der Waals surface area contributed by atoms with E-state index in [1.165, 1.54) is 0 Å². The molecule has 1 N–H and O–H groups in total. The van der Waals surface area contributed by atoms with Crippen molar-refractivity contribution in [2.45, 2.75) is 19.8 Å². The summed E-state index contributed by atoms with van der Waals surface area (Å²) < 4.78 is 0. The Morgan fingerprint density at radius 2 is 2.00 bits per heavy atom. The van der Waals surface area contributed by atoms with Gasteiger partial charge in [-0.25, -0.2) is 0 Å². The number of para-hydroxylation sites is 1. The molecule has 64 valence electrons. The topological polar surface area (TPSA) is 20.2 Å². The molecule has 0 fully saturated rings. The molecule has 0 aliphatic carbocycles. The van der Waals surface area contributed by atoms with Crippen LogP contribution in [0, 0.1) is 0 Å². The quantitative estimate of drug-likeness (QED) is 0.662. The summed E-state index contributed by atoms with van der Waals surface area (Å²) in [5, 5.41) is 9.47. The minimum absolute atomic E-state index is 0.288. The number of rotatable bonds is 2. The highest BCUT2D eigenvalue weighted by molar-refractivity contribution is 5.36. The summed E-state index contributed by atoms with van der Waals surface area (Å²) in [6.45, 7) is 4.05. The van der Waals surface area contributed by atoms with Crippen molar-refractivity contribution in [1.29, 1.82) is 0 Å². The van der Waals surface area contributed by atoms with Crippen LogP contribution < -0.4 is 0 Å². The Morgan fingerprint density at radius 3 is 2.58 bits per heavy atom. The van der Waals surface area contributed by atoms with Crippen LogP contribution in [-0.4, -0.2) is 5.11 Å². The van der Waals surface area contributed by atoms with Crippen LogP contribution in [0.2, 0.25) is 0 Å². The minimum atomic E-state index is 0.288. The fourth-order valence-corrected chi connectivity index (χ4v) is 1.26. The molecule has 1 aromatic carbocycles. The number of phenols is 1. The number of aromatic hydroxyl groups is 1. The van der Waals surface area contributed by atoms with Gasteiger partial charge in [0.15, 0.2) is 0 Å². The van der Waals surface area contributed by atoms with Crippen molar-refractivity contribution < 1.29 is 5.11 Å². The second-order valence-corrected chi connectivity index (χ2v) is 2.87. The first-order valence-corrected chi connectivity index (χ1v) is 4.16. The van der Waals surface area contributed by atoms with Crippen molar-refractivity contribution in [1.82, 2.24) is 0 Å². The van der Waals surface area contributed by atoms with Crippen LogP contribution in [-0.2, 0) is 0 Å². The maximum Gasteiger partial charge on any atom is 0.119 e. The van der Waals surface area contributed by atoms with Crippen molar-refractivity contribution in [3.05, 3.63) is 42.0 Å². The molecule has 1 heteroatoms. The molecule has 0 aliphatic rings. The highest BCUT2D eigenvalue weighted by Crippen LogP contribution is 2.25. The first-order chi connectivity index (χ1) is 5.75. The maximum absolute atomic E-state index is 9.47. The molecule has 1 nitrogen and oxygen atoms in total. The first-order valence-electron chi connectivity index (χ1n) is 4.16. The zero-order valence-electron chi connectivity index (χ0n) is 7.49. The second-order valence-electron chi connectivity index (χ2n) is 2.87. The van der Waals surface area contributed by atoms with Gasteiger partial charge in [0.2, 0.25) is 0 Å². The van der Waals surface area contributed by atoms with E-state index in [0.717, 1.165) is 5.56 Å². The Balaban J connectivity index is 2.94. The van der Waals surface area contributed by atoms with E-state index in [9.17, 15) is 5.11 Å². The first kappa shape index (κ1) is 8.85. The zero-order chi connectivity index (χ0) is 8.97. The van der Waals surface area contributed by atoms with Gasteiger partial charge in [-0.3, -0.25) is 0 Å². The molecule has 0 aromatic heterocycles. The molecule has 1 atom stereocenters. The van der Waals surface area contributed by atoms with Crippen molar-refractivity contribution >= 4 is 0 Å². The van der Waals surface area contributed by atoms with Crippen molar-refractivity contribution in [3.63, 3.8) is 0 Å². The summed E-state index contributed by atoms with van der Waals surface area (Å²) in [4.78, 5) is 0. The molecule has 0 amide bonds. The maximum atomic E-state index is 9.47. The van der Waals surface area contributed by atoms with Gasteiger partial charge in [-0.05, 0) is 13.0 Å². The number of hydrogen-bond donors (Lipinski definition) is 1. The summed E-state index contributed by atoms with van der Waals surface area (Å²) >= 11 is 0. The molecular weight excluding hydrogens is 148 g/mol. The minimum Gasteiger partial charge on any atom is -0.508 e. The Kier molecular flexibility index (Phi) is 2.92. The number of phenolic OH excluding ortho intramolecular Hbond substituents is 1. The predicted octanol–water partition coefficient (Wildman–Crippen LogP) is 3.07. The van der Waals surface area contributed by atoms with Crippen molar-refractivity contribution in [2.75, 3.05) is 0 Å². The van der Waals surface area contributed by atoms with Crippen LogP contribution in [0.3, 0.4) is 0 Å². The van der Waals surface area contributed by atoms with Crippen molar-refractivity contribution in [3.8, 4) is 5.75 Å². The third kappa shape index (κ3) is 1.88. The van der Waals surface area contributed by atoms with E-state index < -0.39 is 0 Å². The molecule has 0 spiro atoms. The summed E-state index contributed by atoms with van der Waals surface area (Å²) in [6.07, 6.45) is 4.06. The standard InChI is InChI=1S/C11H14O/c1-3-6-9(2)10-7-4-5-8-11(10)12/h3-9,12H,1-2H3/b6-3+. The van der Waals surface area contributed by atoms with Gasteiger partial charge in [0.05, 0.1) is 0 Å². The molecular formula is C11H14O.